The fourth-order valence-corrected chi connectivity index (χ4v) is 3.58. The monoisotopic (exact) mass is 426 g/mol. The van der Waals surface area contributed by atoms with E-state index in [9.17, 15) is 13.6 Å². The highest BCUT2D eigenvalue weighted by atomic mass is 19.3. The minimum atomic E-state index is -2.69. The van der Waals surface area contributed by atoms with Crippen LogP contribution in [0.1, 0.15) is 50.4 Å². The number of hydrogen-bond acceptors (Lipinski definition) is 5. The Balaban J connectivity index is 1.38. The minimum absolute atomic E-state index is 0.131. The summed E-state index contributed by atoms with van der Waals surface area (Å²) in [4.78, 5) is 21.4. The number of aromatic nitrogens is 4. The summed E-state index contributed by atoms with van der Waals surface area (Å²) >= 11 is 0. The molecule has 0 atom stereocenters. The first-order valence-electron chi connectivity index (χ1n) is 11.1. The Hall–Kier alpha value is -3.62. The lowest BCUT2D eigenvalue weighted by Gasteiger charge is -2.31. The Morgan fingerprint density at radius 3 is 2.94 bits per heavy atom. The van der Waals surface area contributed by atoms with Crippen molar-refractivity contribution in [1.82, 2.24) is 19.5 Å². The molecular formula is C22H19F2N5O2. The molecule has 1 N–H and O–H groups in total. The van der Waals surface area contributed by atoms with Crippen molar-refractivity contribution in [3.05, 3.63) is 65.4 Å². The van der Waals surface area contributed by atoms with Crippen LogP contribution in [0.25, 0.3) is 17.0 Å². The fourth-order valence-electron chi connectivity index (χ4n) is 3.58. The molecule has 1 aromatic carbocycles. The molecule has 4 aromatic rings. The summed E-state index contributed by atoms with van der Waals surface area (Å²) in [6, 6.07) is 8.04. The summed E-state index contributed by atoms with van der Waals surface area (Å²) in [5.74, 6) is -3.17. The van der Waals surface area contributed by atoms with Crippen molar-refractivity contribution in [3.63, 3.8) is 0 Å². The van der Waals surface area contributed by atoms with Gasteiger partial charge < -0.3 is 9.84 Å². The molecular weight excluding hydrogens is 404 g/mol. The van der Waals surface area contributed by atoms with Gasteiger partial charge in [-0.1, -0.05) is 17.3 Å². The van der Waals surface area contributed by atoms with Gasteiger partial charge in [-0.3, -0.25) is 9.20 Å². The number of pyridine rings is 1. The number of halogens is 2. The Kier molecular flexibility index (Phi) is 3.62. The number of nitrogens with one attached hydrogen (secondary N) is 1. The zero-order valence-corrected chi connectivity index (χ0v) is 16.4. The summed E-state index contributed by atoms with van der Waals surface area (Å²) in [5.41, 5.74) is 2.53. The third-order valence-corrected chi connectivity index (χ3v) is 5.37. The van der Waals surface area contributed by atoms with Crippen LogP contribution in [0.3, 0.4) is 0 Å². The largest absolute Gasteiger partial charge is 0.339 e. The van der Waals surface area contributed by atoms with Crippen LogP contribution in [0.4, 0.5) is 14.5 Å². The molecule has 0 spiro atoms. The molecule has 1 aliphatic rings. The highest BCUT2D eigenvalue weighted by Gasteiger charge is 2.48. The number of nitrogens with zero attached hydrogens (tertiary/aromatic N) is 4. The molecule has 9 heteroatoms. The number of benzene rings is 1. The van der Waals surface area contributed by atoms with Crippen molar-refractivity contribution in [1.29, 1.82) is 0 Å². The standard InChI is InChI=1S/C22H19F2N5O2/c1-12-5-6-29-17(11-25-18(29)7-12)20(30)26-16-8-14(4-3-13(16)2)19-27-21(31-28-19)15-9-22(23,24)10-15/h3-8,11,15H,9-10H2,1-2H3,(H,26,30)/i1D3. The molecule has 3 aromatic heterocycles. The van der Waals surface area contributed by atoms with Crippen LogP contribution < -0.4 is 5.32 Å². The van der Waals surface area contributed by atoms with Gasteiger partial charge in [0, 0.05) is 40.3 Å². The van der Waals surface area contributed by atoms with Crippen LogP contribution in [0.2, 0.25) is 0 Å². The lowest BCUT2D eigenvalue weighted by molar-refractivity contribution is -0.0925. The molecule has 1 amide bonds. The SMILES string of the molecule is [2H]C([2H])([2H])c1ccn2c(C(=O)Nc3cc(-c4noc(C5CC(F)(F)C5)n4)ccc3C)cnc2c1. The topological polar surface area (TPSA) is 85.3 Å². The maximum atomic E-state index is 13.1. The number of hydrogen-bond donors (Lipinski definition) is 1. The number of carbonyl (C=O) groups excluding carboxylic acids is 1. The van der Waals surface area contributed by atoms with E-state index < -0.39 is 24.6 Å². The van der Waals surface area contributed by atoms with Gasteiger partial charge in [0.05, 0.1) is 6.20 Å². The van der Waals surface area contributed by atoms with E-state index in [1.165, 1.54) is 28.9 Å². The van der Waals surface area contributed by atoms with E-state index in [0.717, 1.165) is 5.56 Å². The predicted molar refractivity (Wildman–Crippen MR) is 109 cm³/mol. The molecule has 7 nitrogen and oxygen atoms in total. The van der Waals surface area contributed by atoms with Crippen molar-refractivity contribution in [2.45, 2.75) is 38.5 Å². The summed E-state index contributed by atoms with van der Waals surface area (Å²) < 4.78 is 55.6. The van der Waals surface area contributed by atoms with Crippen molar-refractivity contribution in [2.75, 3.05) is 5.32 Å². The van der Waals surface area contributed by atoms with Gasteiger partial charge in [0.15, 0.2) is 0 Å². The number of aryl methyl sites for hydroxylation is 2. The Labute approximate surface area is 180 Å². The van der Waals surface area contributed by atoms with Gasteiger partial charge in [0.25, 0.3) is 5.91 Å². The second-order valence-electron chi connectivity index (χ2n) is 7.69. The molecule has 31 heavy (non-hydrogen) atoms. The smallest absolute Gasteiger partial charge is 0.274 e. The molecule has 158 valence electrons. The maximum Gasteiger partial charge on any atom is 0.274 e. The van der Waals surface area contributed by atoms with Crippen molar-refractivity contribution < 1.29 is 22.2 Å². The molecule has 1 aliphatic carbocycles. The van der Waals surface area contributed by atoms with E-state index in [2.05, 4.69) is 20.4 Å². The summed E-state index contributed by atoms with van der Waals surface area (Å²) in [7, 11) is 0. The van der Waals surface area contributed by atoms with Crippen LogP contribution in [-0.4, -0.2) is 31.4 Å². The average molecular weight is 426 g/mol. The van der Waals surface area contributed by atoms with Crippen LogP contribution in [0.15, 0.2) is 47.2 Å². The zero-order chi connectivity index (χ0) is 24.3. The van der Waals surface area contributed by atoms with Gasteiger partial charge in [-0.2, -0.15) is 4.98 Å². The van der Waals surface area contributed by atoms with E-state index in [0.29, 0.717) is 16.9 Å². The van der Waals surface area contributed by atoms with Crippen molar-refractivity contribution in [3.8, 4) is 11.4 Å². The second kappa shape index (κ2) is 6.97. The lowest BCUT2D eigenvalue weighted by atomic mass is 9.81. The number of imidazole rings is 1. The highest BCUT2D eigenvalue weighted by Crippen LogP contribution is 2.47. The number of anilines is 1. The second-order valence-corrected chi connectivity index (χ2v) is 7.69. The third kappa shape index (κ3) is 3.56. The molecule has 0 radical (unpaired) electrons. The number of rotatable bonds is 4. The summed E-state index contributed by atoms with van der Waals surface area (Å²) in [6.07, 6.45) is 2.24. The van der Waals surface area contributed by atoms with E-state index >= 15 is 0 Å². The van der Waals surface area contributed by atoms with Crippen LogP contribution >= 0.6 is 0 Å². The molecule has 3 heterocycles. The number of carbonyl (C=O) groups is 1. The van der Waals surface area contributed by atoms with Gasteiger partial charge in [0.1, 0.15) is 11.3 Å². The molecule has 5 rings (SSSR count). The van der Waals surface area contributed by atoms with Crippen molar-refractivity contribution >= 4 is 17.2 Å². The molecule has 0 aliphatic heterocycles. The molecule has 1 saturated carbocycles. The normalized spacial score (nSPS) is 17.6. The Morgan fingerprint density at radius 2 is 2.16 bits per heavy atom. The van der Waals surface area contributed by atoms with Gasteiger partial charge >= 0.3 is 0 Å². The number of alkyl halides is 2. The van der Waals surface area contributed by atoms with E-state index in [4.69, 9.17) is 8.64 Å². The Bertz CT molecular complexity index is 1410. The van der Waals surface area contributed by atoms with E-state index in [1.54, 1.807) is 18.2 Å². The van der Waals surface area contributed by atoms with E-state index in [-0.39, 0.29) is 35.8 Å². The lowest BCUT2D eigenvalue weighted by Crippen LogP contribution is -2.33. The highest BCUT2D eigenvalue weighted by molar-refractivity contribution is 6.04. The van der Waals surface area contributed by atoms with Crippen LogP contribution in [0.5, 0.6) is 0 Å². The molecule has 1 fully saturated rings. The van der Waals surface area contributed by atoms with Gasteiger partial charge in [0.2, 0.25) is 17.6 Å². The summed E-state index contributed by atoms with van der Waals surface area (Å²) in [5, 5.41) is 6.73. The molecule has 0 unspecified atom stereocenters. The quantitative estimate of drug-likeness (QED) is 0.508. The average Bonchev–Trinajstić information content (AvgIpc) is 3.39. The first-order valence-corrected chi connectivity index (χ1v) is 9.62. The van der Waals surface area contributed by atoms with Gasteiger partial charge in [-0.15, -0.1) is 0 Å². The minimum Gasteiger partial charge on any atom is -0.339 e. The maximum absolute atomic E-state index is 13.1. The van der Waals surface area contributed by atoms with Crippen molar-refractivity contribution in [2.24, 2.45) is 0 Å². The number of amides is 1. The first kappa shape index (κ1) is 16.1. The first-order chi connectivity index (χ1) is 16.0. The predicted octanol–water partition coefficient (Wildman–Crippen LogP) is 4.77. The van der Waals surface area contributed by atoms with E-state index in [1.807, 2.05) is 6.92 Å². The van der Waals surface area contributed by atoms with Crippen LogP contribution in [0, 0.1) is 13.8 Å². The third-order valence-electron chi connectivity index (χ3n) is 5.37. The fraction of sp³-hybridized carbons (Fsp3) is 0.273. The van der Waals surface area contributed by atoms with Crippen LogP contribution in [-0.2, 0) is 0 Å². The molecule has 0 bridgehead atoms. The molecule has 0 saturated heterocycles. The number of fused-ring (bicyclic) bond motifs is 1. The van der Waals surface area contributed by atoms with Gasteiger partial charge in [-0.25, -0.2) is 13.8 Å². The Morgan fingerprint density at radius 1 is 1.32 bits per heavy atom. The van der Waals surface area contributed by atoms with Gasteiger partial charge in [-0.05, 0) is 43.1 Å². The zero-order valence-electron chi connectivity index (χ0n) is 19.4. The summed E-state index contributed by atoms with van der Waals surface area (Å²) in [6.45, 7) is -0.462.